The maximum atomic E-state index is 4.75. The number of nitrogens with one attached hydrogen (secondary N) is 1. The van der Waals surface area contributed by atoms with Crippen LogP contribution in [0.3, 0.4) is 0 Å². The molecule has 6 nitrogen and oxygen atoms in total. The zero-order chi connectivity index (χ0) is 22.2. The van der Waals surface area contributed by atoms with Gasteiger partial charge < -0.3 is 16.0 Å². The van der Waals surface area contributed by atoms with Crippen molar-refractivity contribution in [2.45, 2.75) is 38.1 Å². The largest absolute Gasteiger partial charge is 0.396 e. The zero-order valence-electron chi connectivity index (χ0n) is 19.1. The van der Waals surface area contributed by atoms with E-state index in [1.54, 1.807) is 11.5 Å². The molecule has 8 heteroatoms. The van der Waals surface area contributed by atoms with Crippen molar-refractivity contribution >= 4 is 45.1 Å². The van der Waals surface area contributed by atoms with Gasteiger partial charge in [0.15, 0.2) is 0 Å². The molecule has 3 N–H and O–H groups in total. The lowest BCUT2D eigenvalue weighted by atomic mass is 9.83. The average Bonchev–Trinajstić information content (AvgIpc) is 3.29. The summed E-state index contributed by atoms with van der Waals surface area (Å²) in [5.41, 5.74) is 5.62. The van der Waals surface area contributed by atoms with Gasteiger partial charge in [0.05, 0.1) is 10.2 Å². The van der Waals surface area contributed by atoms with Gasteiger partial charge >= 0.3 is 0 Å². The Morgan fingerprint density at radius 1 is 1.03 bits per heavy atom. The maximum Gasteiger partial charge on any atom is 0.150 e. The number of benzene rings is 1. The van der Waals surface area contributed by atoms with E-state index in [0.29, 0.717) is 0 Å². The quantitative estimate of drug-likeness (QED) is 0.646. The Labute approximate surface area is 202 Å². The van der Waals surface area contributed by atoms with Crippen molar-refractivity contribution in [1.29, 1.82) is 0 Å². The Morgan fingerprint density at radius 2 is 1.72 bits per heavy atom. The van der Waals surface area contributed by atoms with Crippen LogP contribution >= 0.6 is 23.8 Å². The molecule has 2 aromatic rings. The molecule has 0 spiro atoms. The first-order chi connectivity index (χ1) is 15.8. The normalized spacial score (nSPS) is 25.3. The van der Waals surface area contributed by atoms with E-state index in [9.17, 15) is 0 Å². The Bertz CT molecular complexity index is 821. The van der Waals surface area contributed by atoms with Gasteiger partial charge in [-0.3, -0.25) is 9.80 Å². The van der Waals surface area contributed by atoms with Crippen molar-refractivity contribution in [1.82, 2.24) is 19.5 Å². The van der Waals surface area contributed by atoms with Crippen LogP contribution < -0.4 is 16.0 Å². The number of nitrogens with two attached hydrogens (primary N) is 1. The second-order valence-corrected chi connectivity index (χ2v) is 10.3. The van der Waals surface area contributed by atoms with Crippen molar-refractivity contribution in [3.63, 3.8) is 0 Å². The molecule has 2 aliphatic heterocycles. The molecule has 0 atom stereocenters. The minimum absolute atomic E-state index is 0.866. The zero-order valence-corrected chi connectivity index (χ0v) is 20.8. The summed E-state index contributed by atoms with van der Waals surface area (Å²) in [4.78, 5) is 7.93. The van der Waals surface area contributed by atoms with Gasteiger partial charge in [-0.1, -0.05) is 24.4 Å². The predicted molar refractivity (Wildman–Crippen MR) is 141 cm³/mol. The number of anilines is 1. The molecule has 0 unspecified atom stereocenters. The highest BCUT2D eigenvalue weighted by Gasteiger charge is 2.27. The van der Waals surface area contributed by atoms with E-state index in [1.807, 2.05) is 0 Å². The second kappa shape index (κ2) is 12.2. The fourth-order valence-electron chi connectivity index (χ4n) is 5.50. The van der Waals surface area contributed by atoms with E-state index in [4.69, 9.17) is 4.37 Å². The van der Waals surface area contributed by atoms with Crippen LogP contribution in [0, 0.1) is 5.92 Å². The molecule has 5 rings (SSSR count). The summed E-state index contributed by atoms with van der Waals surface area (Å²) in [6, 6.07) is 9.51. The lowest BCUT2D eigenvalue weighted by molar-refractivity contribution is 0.115. The highest BCUT2D eigenvalue weighted by Crippen LogP contribution is 2.31. The summed E-state index contributed by atoms with van der Waals surface area (Å²) in [6.45, 7) is 10.8. The lowest BCUT2D eigenvalue weighted by Gasteiger charge is -2.40. The monoisotopic (exact) mass is 474 g/mol. The van der Waals surface area contributed by atoms with E-state index in [0.717, 1.165) is 30.5 Å². The first-order valence-electron chi connectivity index (χ1n) is 12.2. The van der Waals surface area contributed by atoms with Gasteiger partial charge in [-0.25, -0.2) is 0 Å². The highest BCUT2D eigenvalue weighted by atomic mass is 32.1. The molecule has 1 aromatic heterocycles. The molecule has 0 bridgehead atoms. The van der Waals surface area contributed by atoms with Crippen LogP contribution in [0.15, 0.2) is 24.3 Å². The number of fused-ring (bicyclic) bond motifs is 1. The van der Waals surface area contributed by atoms with Crippen LogP contribution in [-0.2, 0) is 0 Å². The first kappa shape index (κ1) is 23.8. The van der Waals surface area contributed by atoms with E-state index in [-0.39, 0.29) is 0 Å². The van der Waals surface area contributed by atoms with E-state index in [2.05, 4.69) is 62.2 Å². The van der Waals surface area contributed by atoms with Crippen LogP contribution in [-0.4, -0.2) is 84.6 Å². The molecule has 1 saturated carbocycles. The van der Waals surface area contributed by atoms with Gasteiger partial charge in [-0.05, 0) is 68.2 Å². The summed E-state index contributed by atoms with van der Waals surface area (Å²) < 4.78 is 6.06. The van der Waals surface area contributed by atoms with Crippen molar-refractivity contribution in [2.75, 3.05) is 63.8 Å². The van der Waals surface area contributed by atoms with Crippen LogP contribution in [0.25, 0.3) is 10.1 Å². The van der Waals surface area contributed by atoms with Gasteiger partial charge in [0.1, 0.15) is 5.82 Å². The van der Waals surface area contributed by atoms with Gasteiger partial charge in [0, 0.05) is 63.8 Å². The number of piperazine rings is 2. The molecular weight excluding hydrogens is 436 g/mol. The average molecular weight is 475 g/mol. The van der Waals surface area contributed by atoms with E-state index >= 15 is 0 Å². The molecular formula is C24H38N6S2. The highest BCUT2D eigenvalue weighted by molar-refractivity contribution is 7.78. The molecule has 3 aliphatic rings. The summed E-state index contributed by atoms with van der Waals surface area (Å²) in [5, 5.41) is 4.81. The van der Waals surface area contributed by atoms with Gasteiger partial charge in [0.2, 0.25) is 0 Å². The summed E-state index contributed by atoms with van der Waals surface area (Å²) >= 11 is 5.68. The third-order valence-electron chi connectivity index (χ3n) is 7.37. The van der Waals surface area contributed by atoms with E-state index in [1.165, 1.54) is 93.8 Å². The molecule has 3 fully saturated rings. The molecule has 0 amide bonds. The minimum atomic E-state index is 0.866. The number of thiocarbonyl (C=S) groups is 1. The van der Waals surface area contributed by atoms with Gasteiger partial charge in [0.25, 0.3) is 0 Å². The van der Waals surface area contributed by atoms with Crippen molar-refractivity contribution < 1.29 is 0 Å². The van der Waals surface area contributed by atoms with Gasteiger partial charge in [-0.2, -0.15) is 4.37 Å². The molecule has 3 heterocycles. The Balaban J connectivity index is 0.000000775. The summed E-state index contributed by atoms with van der Waals surface area (Å²) in [6.07, 6.45) is 7.14. The van der Waals surface area contributed by atoms with E-state index < -0.39 is 0 Å². The fourth-order valence-corrected chi connectivity index (χ4v) is 6.29. The lowest BCUT2D eigenvalue weighted by Crippen LogP contribution is -2.49. The van der Waals surface area contributed by atoms with Crippen molar-refractivity contribution in [3.8, 4) is 0 Å². The number of rotatable bonds is 5. The van der Waals surface area contributed by atoms with Crippen molar-refractivity contribution in [2.24, 2.45) is 11.7 Å². The standard InChI is InChI=1S/C23H35N5S.CH3NS/c1-2-4-22-21(3-1)23(25-29-22)28-17-15-26(16-18-28)12-9-19-5-7-20(8-6-19)27-13-10-24-11-14-27;2-1-3/h1-4,19-20,24H,5-18H2;1H,(H2,2,3). The molecule has 1 aliphatic carbocycles. The Morgan fingerprint density at radius 3 is 2.44 bits per heavy atom. The SMILES string of the molecule is NC=S.c1ccc2c(N3CCN(CCC4CCC(N5CCNCC5)CC4)CC3)nsc2c1. The molecule has 32 heavy (non-hydrogen) atoms. The summed E-state index contributed by atoms with van der Waals surface area (Å²) in [7, 11) is 0. The third-order valence-corrected chi connectivity index (χ3v) is 8.19. The van der Waals surface area contributed by atoms with Crippen LogP contribution in [0.4, 0.5) is 5.82 Å². The summed E-state index contributed by atoms with van der Waals surface area (Å²) in [5.74, 6) is 2.16. The number of hydrogen-bond donors (Lipinski definition) is 2. The van der Waals surface area contributed by atoms with Crippen molar-refractivity contribution in [3.05, 3.63) is 24.3 Å². The molecule has 176 valence electrons. The Hall–Kier alpha value is -1.32. The molecule has 2 saturated heterocycles. The van der Waals surface area contributed by atoms with Crippen LogP contribution in [0.2, 0.25) is 0 Å². The fraction of sp³-hybridized carbons (Fsp3) is 0.667. The molecule has 0 radical (unpaired) electrons. The maximum absolute atomic E-state index is 4.75. The topological polar surface area (TPSA) is 60.7 Å². The number of nitrogens with zero attached hydrogens (tertiary/aromatic N) is 4. The number of aromatic nitrogens is 1. The Kier molecular flexibility index (Phi) is 9.11. The minimum Gasteiger partial charge on any atom is -0.396 e. The third kappa shape index (κ3) is 6.17. The smallest absolute Gasteiger partial charge is 0.150 e. The second-order valence-electron chi connectivity index (χ2n) is 9.22. The molecule has 1 aromatic carbocycles. The van der Waals surface area contributed by atoms with Gasteiger partial charge in [-0.15, -0.1) is 0 Å². The number of hydrogen-bond acceptors (Lipinski definition) is 7. The first-order valence-corrected chi connectivity index (χ1v) is 13.4. The predicted octanol–water partition coefficient (Wildman–Crippen LogP) is 3.17. The van der Waals surface area contributed by atoms with Crippen LogP contribution in [0.1, 0.15) is 32.1 Å². The van der Waals surface area contributed by atoms with Crippen LogP contribution in [0.5, 0.6) is 0 Å².